The maximum absolute atomic E-state index is 12.0. The molecule has 20 heavy (non-hydrogen) atoms. The number of nitrogens with zero attached hydrogens (tertiary/aromatic N) is 2. The number of hydrogen-bond donors (Lipinski definition) is 2. The number of hydrogen-bond acceptors (Lipinski definition) is 4. The van der Waals surface area contributed by atoms with Crippen molar-refractivity contribution in [3.8, 4) is 0 Å². The minimum atomic E-state index is -0.794. The smallest absolute Gasteiger partial charge is 0.317 e. The van der Waals surface area contributed by atoms with E-state index in [-0.39, 0.29) is 18.5 Å². The number of carboxylic acids is 1. The predicted octanol–water partition coefficient (Wildman–Crippen LogP) is 0.239. The summed E-state index contributed by atoms with van der Waals surface area (Å²) in [5, 5.41) is 11.7. The molecule has 1 fully saturated rings. The quantitative estimate of drug-likeness (QED) is 0.701. The molecule has 0 radical (unpaired) electrons. The fourth-order valence-electron chi connectivity index (χ4n) is 2.30. The van der Waals surface area contributed by atoms with Gasteiger partial charge in [-0.3, -0.25) is 19.4 Å². The Morgan fingerprint density at radius 2 is 1.75 bits per heavy atom. The number of aliphatic carboxylic acids is 1. The maximum atomic E-state index is 12.0. The first kappa shape index (κ1) is 16.9. The lowest BCUT2D eigenvalue weighted by Gasteiger charge is -2.36. The topological polar surface area (TPSA) is 72.9 Å². The zero-order valence-electron chi connectivity index (χ0n) is 12.8. The monoisotopic (exact) mass is 285 g/mol. The fourth-order valence-corrected chi connectivity index (χ4v) is 2.30. The van der Waals surface area contributed by atoms with Crippen LogP contribution in [0.3, 0.4) is 0 Å². The van der Waals surface area contributed by atoms with Gasteiger partial charge in [-0.25, -0.2) is 0 Å². The summed E-state index contributed by atoms with van der Waals surface area (Å²) < 4.78 is 0. The van der Waals surface area contributed by atoms with Crippen LogP contribution in [0.25, 0.3) is 0 Å². The number of nitrogens with one attached hydrogen (secondary N) is 1. The first-order valence-electron chi connectivity index (χ1n) is 7.36. The molecule has 0 aromatic rings. The van der Waals surface area contributed by atoms with Crippen LogP contribution in [-0.4, -0.2) is 72.1 Å². The van der Waals surface area contributed by atoms with E-state index in [1.807, 2.05) is 11.8 Å². The largest absolute Gasteiger partial charge is 0.480 e. The molecular weight excluding hydrogens is 258 g/mol. The Labute approximate surface area is 121 Å². The normalized spacial score (nSPS) is 19.0. The highest BCUT2D eigenvalue weighted by Crippen LogP contribution is 2.06. The zero-order valence-corrected chi connectivity index (χ0v) is 12.8. The van der Waals surface area contributed by atoms with Gasteiger partial charge in [0.2, 0.25) is 5.91 Å². The van der Waals surface area contributed by atoms with Crippen LogP contribution in [0.4, 0.5) is 0 Å². The number of carbonyl (C=O) groups excluding carboxylic acids is 1. The number of carbonyl (C=O) groups is 2. The van der Waals surface area contributed by atoms with E-state index in [1.54, 1.807) is 0 Å². The molecule has 1 rings (SSSR count). The van der Waals surface area contributed by atoms with E-state index in [4.69, 9.17) is 5.11 Å². The van der Waals surface area contributed by atoms with Crippen LogP contribution >= 0.6 is 0 Å². The van der Waals surface area contributed by atoms with Crippen LogP contribution < -0.4 is 5.32 Å². The molecule has 6 nitrogen and oxygen atoms in total. The van der Waals surface area contributed by atoms with Crippen LogP contribution in [0.5, 0.6) is 0 Å². The van der Waals surface area contributed by atoms with Crippen LogP contribution in [-0.2, 0) is 9.59 Å². The van der Waals surface area contributed by atoms with Crippen molar-refractivity contribution in [3.63, 3.8) is 0 Å². The van der Waals surface area contributed by atoms with Crippen LogP contribution in [0.2, 0.25) is 0 Å². The second kappa shape index (κ2) is 8.21. The SMILES string of the molecule is CC(C)CCNC(=O)C(C)N1CCN(CC(=O)O)CC1. The van der Waals surface area contributed by atoms with Gasteiger partial charge in [0, 0.05) is 32.7 Å². The summed E-state index contributed by atoms with van der Waals surface area (Å²) >= 11 is 0. The summed E-state index contributed by atoms with van der Waals surface area (Å²) in [5.74, 6) is -0.138. The van der Waals surface area contributed by atoms with Crippen molar-refractivity contribution < 1.29 is 14.7 Å². The minimum Gasteiger partial charge on any atom is -0.480 e. The molecule has 0 aliphatic carbocycles. The fraction of sp³-hybridized carbons (Fsp3) is 0.857. The molecule has 1 aliphatic rings. The maximum Gasteiger partial charge on any atom is 0.317 e. The Kier molecular flexibility index (Phi) is 6.95. The summed E-state index contributed by atoms with van der Waals surface area (Å²) in [6.07, 6.45) is 0.991. The number of rotatable bonds is 7. The average Bonchev–Trinajstić information content (AvgIpc) is 2.37. The lowest BCUT2D eigenvalue weighted by atomic mass is 10.1. The van der Waals surface area contributed by atoms with Gasteiger partial charge < -0.3 is 10.4 Å². The Morgan fingerprint density at radius 3 is 2.25 bits per heavy atom. The molecule has 0 aromatic heterocycles. The summed E-state index contributed by atoms with van der Waals surface area (Å²) in [6, 6.07) is -0.144. The van der Waals surface area contributed by atoms with Crippen molar-refractivity contribution in [1.82, 2.24) is 15.1 Å². The van der Waals surface area contributed by atoms with Crippen LogP contribution in [0, 0.1) is 5.92 Å². The Morgan fingerprint density at radius 1 is 1.15 bits per heavy atom. The average molecular weight is 285 g/mol. The van der Waals surface area contributed by atoms with Gasteiger partial charge in [-0.1, -0.05) is 13.8 Å². The highest BCUT2D eigenvalue weighted by Gasteiger charge is 2.25. The molecule has 1 aliphatic heterocycles. The summed E-state index contributed by atoms with van der Waals surface area (Å²) in [4.78, 5) is 26.7. The van der Waals surface area contributed by atoms with Gasteiger partial charge in [-0.05, 0) is 19.3 Å². The van der Waals surface area contributed by atoms with Gasteiger partial charge in [0.05, 0.1) is 12.6 Å². The molecule has 0 saturated carbocycles. The molecule has 1 atom stereocenters. The van der Waals surface area contributed by atoms with Gasteiger partial charge in [0.15, 0.2) is 0 Å². The van der Waals surface area contributed by atoms with Gasteiger partial charge in [-0.15, -0.1) is 0 Å². The summed E-state index contributed by atoms with van der Waals surface area (Å²) in [6.45, 7) is 9.89. The molecule has 0 spiro atoms. The number of amides is 1. The Hall–Kier alpha value is -1.14. The highest BCUT2D eigenvalue weighted by atomic mass is 16.4. The van der Waals surface area contributed by atoms with Crippen molar-refractivity contribution in [2.24, 2.45) is 5.92 Å². The Bertz CT molecular complexity index is 326. The molecule has 1 saturated heterocycles. The van der Waals surface area contributed by atoms with Gasteiger partial charge in [0.25, 0.3) is 0 Å². The van der Waals surface area contributed by atoms with Crippen LogP contribution in [0.15, 0.2) is 0 Å². The molecular formula is C14H27N3O3. The zero-order chi connectivity index (χ0) is 15.1. The minimum absolute atomic E-state index is 0.0670. The third-order valence-electron chi connectivity index (χ3n) is 3.71. The van der Waals surface area contributed by atoms with Gasteiger partial charge in [-0.2, -0.15) is 0 Å². The summed E-state index contributed by atoms with van der Waals surface area (Å²) in [7, 11) is 0. The first-order valence-corrected chi connectivity index (χ1v) is 7.36. The van der Waals surface area contributed by atoms with Crippen LogP contribution in [0.1, 0.15) is 27.2 Å². The van der Waals surface area contributed by atoms with Crippen molar-refractivity contribution in [2.45, 2.75) is 33.2 Å². The van der Waals surface area contributed by atoms with Crippen molar-refractivity contribution in [1.29, 1.82) is 0 Å². The van der Waals surface area contributed by atoms with Crippen molar-refractivity contribution in [3.05, 3.63) is 0 Å². The van der Waals surface area contributed by atoms with Gasteiger partial charge >= 0.3 is 5.97 Å². The lowest BCUT2D eigenvalue weighted by molar-refractivity contribution is -0.139. The third kappa shape index (κ3) is 5.88. The Balaban J connectivity index is 2.29. The molecule has 6 heteroatoms. The standard InChI is InChI=1S/C14H27N3O3/c1-11(2)4-5-15-14(20)12(3)17-8-6-16(7-9-17)10-13(18)19/h11-12H,4-10H2,1-3H3,(H,15,20)(H,18,19). The van der Waals surface area contributed by atoms with E-state index in [1.165, 1.54) is 0 Å². The van der Waals surface area contributed by atoms with E-state index in [0.29, 0.717) is 19.0 Å². The van der Waals surface area contributed by atoms with E-state index < -0.39 is 5.97 Å². The molecule has 1 heterocycles. The predicted molar refractivity (Wildman–Crippen MR) is 77.6 cm³/mol. The highest BCUT2D eigenvalue weighted by molar-refractivity contribution is 5.81. The second-order valence-electron chi connectivity index (χ2n) is 5.86. The van der Waals surface area contributed by atoms with Crippen molar-refractivity contribution in [2.75, 3.05) is 39.3 Å². The molecule has 1 amide bonds. The first-order chi connectivity index (χ1) is 9.40. The molecule has 0 aromatic carbocycles. The molecule has 116 valence electrons. The van der Waals surface area contributed by atoms with E-state index in [0.717, 1.165) is 26.1 Å². The van der Waals surface area contributed by atoms with E-state index in [2.05, 4.69) is 24.1 Å². The molecule has 0 bridgehead atoms. The second-order valence-corrected chi connectivity index (χ2v) is 5.86. The van der Waals surface area contributed by atoms with E-state index in [9.17, 15) is 9.59 Å². The van der Waals surface area contributed by atoms with Gasteiger partial charge in [0.1, 0.15) is 0 Å². The van der Waals surface area contributed by atoms with Crippen molar-refractivity contribution >= 4 is 11.9 Å². The lowest BCUT2D eigenvalue weighted by Crippen LogP contribution is -2.54. The molecule has 1 unspecified atom stereocenters. The molecule has 2 N–H and O–H groups in total. The third-order valence-corrected chi connectivity index (χ3v) is 3.71. The number of piperazine rings is 1. The van der Waals surface area contributed by atoms with E-state index >= 15 is 0 Å². The summed E-state index contributed by atoms with van der Waals surface area (Å²) in [5.41, 5.74) is 0. The number of carboxylic acid groups (broad SMARTS) is 1.